The zero-order chi connectivity index (χ0) is 13.1. The highest BCUT2D eigenvalue weighted by Crippen LogP contribution is 2.29. The quantitative estimate of drug-likeness (QED) is 0.924. The van der Waals surface area contributed by atoms with E-state index in [1.165, 1.54) is 17.4 Å². The molecule has 0 amide bonds. The molecule has 1 N–H and O–H groups in total. The van der Waals surface area contributed by atoms with Crippen molar-refractivity contribution in [3.05, 3.63) is 46.2 Å². The number of halogens is 1. The van der Waals surface area contributed by atoms with E-state index in [2.05, 4.69) is 4.98 Å². The molecule has 0 saturated heterocycles. The van der Waals surface area contributed by atoms with Crippen molar-refractivity contribution in [3.8, 4) is 0 Å². The van der Waals surface area contributed by atoms with Crippen molar-refractivity contribution >= 4 is 17.0 Å². The minimum absolute atomic E-state index is 0.328. The maximum Gasteiger partial charge on any atom is 0.146 e. The van der Waals surface area contributed by atoms with Crippen molar-refractivity contribution in [1.29, 1.82) is 0 Å². The Bertz CT molecular complexity index is 514. The highest BCUT2D eigenvalue weighted by Gasteiger charge is 2.16. The molecular formula is C13H15FN2OS. The lowest BCUT2D eigenvalue weighted by atomic mass is 10.1. The summed E-state index contributed by atoms with van der Waals surface area (Å²) in [5, 5.41) is 11.6. The van der Waals surface area contributed by atoms with Gasteiger partial charge in [0.2, 0.25) is 0 Å². The molecule has 96 valence electrons. The van der Waals surface area contributed by atoms with Gasteiger partial charge in [0.05, 0.1) is 29.5 Å². The van der Waals surface area contributed by atoms with Gasteiger partial charge in [0.15, 0.2) is 0 Å². The second-order valence-corrected chi connectivity index (χ2v) is 4.91. The van der Waals surface area contributed by atoms with Crippen LogP contribution in [-0.2, 0) is 6.54 Å². The van der Waals surface area contributed by atoms with Gasteiger partial charge in [-0.3, -0.25) is 0 Å². The summed E-state index contributed by atoms with van der Waals surface area (Å²) in [6.45, 7) is 2.15. The van der Waals surface area contributed by atoms with Crippen LogP contribution >= 0.6 is 11.3 Å². The second kappa shape index (κ2) is 5.46. The van der Waals surface area contributed by atoms with Gasteiger partial charge in [-0.15, -0.1) is 11.3 Å². The molecule has 2 aromatic rings. The molecule has 0 bridgehead atoms. The third-order valence-electron chi connectivity index (χ3n) is 2.73. The Morgan fingerprint density at radius 3 is 2.89 bits per heavy atom. The molecule has 5 heteroatoms. The summed E-state index contributed by atoms with van der Waals surface area (Å²) < 4.78 is 13.9. The molecule has 1 heterocycles. The van der Waals surface area contributed by atoms with E-state index in [1.54, 1.807) is 36.5 Å². The van der Waals surface area contributed by atoms with Gasteiger partial charge in [0.25, 0.3) is 0 Å². The van der Waals surface area contributed by atoms with Gasteiger partial charge in [-0.05, 0) is 13.0 Å². The van der Waals surface area contributed by atoms with Gasteiger partial charge < -0.3 is 10.0 Å². The molecule has 1 aromatic carbocycles. The molecule has 0 aliphatic heterocycles. The number of hydrogen-bond donors (Lipinski definition) is 1. The number of rotatable bonds is 4. The second-order valence-electron chi connectivity index (χ2n) is 4.19. The molecule has 1 atom stereocenters. The first-order chi connectivity index (χ1) is 8.59. The molecular weight excluding hydrogens is 251 g/mol. The van der Waals surface area contributed by atoms with Crippen molar-refractivity contribution in [2.75, 3.05) is 11.9 Å². The van der Waals surface area contributed by atoms with E-state index < -0.39 is 6.10 Å². The molecule has 1 aromatic heterocycles. The van der Waals surface area contributed by atoms with Crippen molar-refractivity contribution in [2.24, 2.45) is 0 Å². The van der Waals surface area contributed by atoms with E-state index >= 15 is 0 Å². The molecule has 0 fully saturated rings. The fourth-order valence-electron chi connectivity index (χ4n) is 1.91. The Kier molecular flexibility index (Phi) is 3.93. The molecule has 0 aliphatic carbocycles. The number of para-hydroxylation sites is 1. The first-order valence-electron chi connectivity index (χ1n) is 5.64. The van der Waals surface area contributed by atoms with E-state index in [-0.39, 0.29) is 5.82 Å². The number of hydrogen-bond acceptors (Lipinski definition) is 4. The SMILES string of the molecule is C[C@@H](O)c1cccc(F)c1N(C)Cc1cscn1. The average Bonchev–Trinajstić information content (AvgIpc) is 2.81. The predicted octanol–water partition coefficient (Wildman–Crippen LogP) is 2.97. The molecule has 18 heavy (non-hydrogen) atoms. The Balaban J connectivity index is 2.31. The van der Waals surface area contributed by atoms with Crippen molar-refractivity contribution in [1.82, 2.24) is 4.98 Å². The van der Waals surface area contributed by atoms with Gasteiger partial charge in [-0.2, -0.15) is 0 Å². The first-order valence-corrected chi connectivity index (χ1v) is 6.58. The summed E-state index contributed by atoms with van der Waals surface area (Å²) >= 11 is 1.51. The van der Waals surface area contributed by atoms with Gasteiger partial charge >= 0.3 is 0 Å². The highest BCUT2D eigenvalue weighted by molar-refractivity contribution is 7.07. The van der Waals surface area contributed by atoms with E-state index in [9.17, 15) is 9.50 Å². The summed E-state index contributed by atoms with van der Waals surface area (Å²) in [6.07, 6.45) is -0.700. The number of nitrogens with zero attached hydrogens (tertiary/aromatic N) is 2. The van der Waals surface area contributed by atoms with Crippen LogP contribution in [0.4, 0.5) is 10.1 Å². The largest absolute Gasteiger partial charge is 0.389 e. The van der Waals surface area contributed by atoms with Crippen LogP contribution in [0.2, 0.25) is 0 Å². The Morgan fingerprint density at radius 1 is 1.50 bits per heavy atom. The molecule has 0 saturated carbocycles. The van der Waals surface area contributed by atoms with E-state index in [0.29, 0.717) is 17.8 Å². The van der Waals surface area contributed by atoms with Crippen LogP contribution < -0.4 is 4.90 Å². The Morgan fingerprint density at radius 2 is 2.28 bits per heavy atom. The smallest absolute Gasteiger partial charge is 0.146 e. The topological polar surface area (TPSA) is 36.4 Å². The summed E-state index contributed by atoms with van der Waals surface area (Å²) in [5.74, 6) is -0.328. The lowest BCUT2D eigenvalue weighted by molar-refractivity contribution is 0.199. The third kappa shape index (κ3) is 2.68. The molecule has 0 aliphatic rings. The number of anilines is 1. The van der Waals surface area contributed by atoms with Crippen molar-refractivity contribution < 1.29 is 9.50 Å². The molecule has 2 rings (SSSR count). The number of aliphatic hydroxyl groups is 1. The number of thiazole rings is 1. The average molecular weight is 266 g/mol. The summed E-state index contributed by atoms with van der Waals surface area (Å²) in [4.78, 5) is 5.95. The van der Waals surface area contributed by atoms with E-state index in [0.717, 1.165) is 5.69 Å². The molecule has 0 radical (unpaired) electrons. The fourth-order valence-corrected chi connectivity index (χ4v) is 2.46. The standard InChI is InChI=1S/C13H15FN2OS/c1-9(17)11-4-3-5-12(14)13(11)16(2)6-10-7-18-8-15-10/h3-5,7-9,17H,6H2,1-2H3/t9-/m1/s1. The van der Waals surface area contributed by atoms with Crippen LogP contribution in [0.3, 0.4) is 0 Å². The monoisotopic (exact) mass is 266 g/mol. The third-order valence-corrected chi connectivity index (χ3v) is 3.37. The van der Waals surface area contributed by atoms with Crippen LogP contribution in [0.5, 0.6) is 0 Å². The normalized spacial score (nSPS) is 12.4. The summed E-state index contributed by atoms with van der Waals surface area (Å²) in [5.41, 5.74) is 3.66. The van der Waals surface area contributed by atoms with Gasteiger partial charge in [0, 0.05) is 18.0 Å². The Hall–Kier alpha value is -1.46. The number of benzene rings is 1. The predicted molar refractivity (Wildman–Crippen MR) is 71.3 cm³/mol. The van der Waals surface area contributed by atoms with Crippen LogP contribution in [0, 0.1) is 5.82 Å². The van der Waals surface area contributed by atoms with Crippen molar-refractivity contribution in [2.45, 2.75) is 19.6 Å². The van der Waals surface area contributed by atoms with Gasteiger partial charge in [0.1, 0.15) is 5.82 Å². The van der Waals surface area contributed by atoms with Crippen LogP contribution in [0.15, 0.2) is 29.1 Å². The fraction of sp³-hybridized carbons (Fsp3) is 0.308. The van der Waals surface area contributed by atoms with Gasteiger partial charge in [-0.25, -0.2) is 9.37 Å². The lowest BCUT2D eigenvalue weighted by Crippen LogP contribution is -2.20. The van der Waals surface area contributed by atoms with E-state index in [4.69, 9.17) is 0 Å². The minimum atomic E-state index is -0.700. The molecule has 3 nitrogen and oxygen atoms in total. The van der Waals surface area contributed by atoms with Gasteiger partial charge in [-0.1, -0.05) is 12.1 Å². The minimum Gasteiger partial charge on any atom is -0.389 e. The van der Waals surface area contributed by atoms with Crippen LogP contribution in [-0.4, -0.2) is 17.1 Å². The highest BCUT2D eigenvalue weighted by atomic mass is 32.1. The Labute approximate surface area is 110 Å². The number of aliphatic hydroxyl groups excluding tert-OH is 1. The van der Waals surface area contributed by atoms with E-state index in [1.807, 2.05) is 5.38 Å². The van der Waals surface area contributed by atoms with Crippen LogP contribution in [0.25, 0.3) is 0 Å². The summed E-state index contributed by atoms with van der Waals surface area (Å²) in [7, 11) is 1.80. The molecule has 0 unspecified atom stereocenters. The first kappa shape index (κ1) is 13.0. The number of aromatic nitrogens is 1. The molecule has 0 spiro atoms. The maximum atomic E-state index is 13.9. The summed E-state index contributed by atoms with van der Waals surface area (Å²) in [6, 6.07) is 4.75. The lowest BCUT2D eigenvalue weighted by Gasteiger charge is -2.23. The zero-order valence-corrected chi connectivity index (χ0v) is 11.1. The van der Waals surface area contributed by atoms with Crippen molar-refractivity contribution in [3.63, 3.8) is 0 Å². The zero-order valence-electron chi connectivity index (χ0n) is 10.3. The maximum absolute atomic E-state index is 13.9. The van der Waals surface area contributed by atoms with Crippen LogP contribution in [0.1, 0.15) is 24.3 Å².